The Kier molecular flexibility index (Phi) is 3.64. The van der Waals surface area contributed by atoms with Gasteiger partial charge in [-0.3, -0.25) is 0 Å². The maximum absolute atomic E-state index is 12.9. The summed E-state index contributed by atoms with van der Waals surface area (Å²) in [7, 11) is 1.54. The Morgan fingerprint density at radius 2 is 2.14 bits per heavy atom. The average Bonchev–Trinajstić information content (AvgIpc) is 2.13. The van der Waals surface area contributed by atoms with Crippen LogP contribution in [0.4, 0.5) is 20.2 Å². The average molecular weight is 202 g/mol. The number of ether oxygens (including phenoxy) is 1. The van der Waals surface area contributed by atoms with Crippen molar-refractivity contribution in [3.05, 3.63) is 23.8 Å². The molecule has 14 heavy (non-hydrogen) atoms. The highest BCUT2D eigenvalue weighted by Crippen LogP contribution is 2.22. The van der Waals surface area contributed by atoms with Crippen LogP contribution in [0.2, 0.25) is 0 Å². The van der Waals surface area contributed by atoms with Crippen molar-refractivity contribution < 1.29 is 13.5 Å². The summed E-state index contributed by atoms with van der Waals surface area (Å²) in [6.07, 6.45) is 0. The van der Waals surface area contributed by atoms with Crippen molar-refractivity contribution in [1.82, 2.24) is 0 Å². The molecule has 0 bridgehead atoms. The minimum absolute atomic E-state index is 0.0810. The molecule has 1 aromatic rings. The Bertz CT molecular complexity index is 318. The summed E-state index contributed by atoms with van der Waals surface area (Å²) in [5.74, 6) is -1.42. The van der Waals surface area contributed by atoms with Crippen LogP contribution in [0.25, 0.3) is 0 Å². The molecule has 0 aromatic heterocycles. The monoisotopic (exact) mass is 202 g/mol. The van der Waals surface area contributed by atoms with Crippen LogP contribution < -0.4 is 11.1 Å². The van der Waals surface area contributed by atoms with Crippen molar-refractivity contribution in [3.8, 4) is 0 Å². The van der Waals surface area contributed by atoms with E-state index in [-0.39, 0.29) is 11.4 Å². The summed E-state index contributed by atoms with van der Waals surface area (Å²) >= 11 is 0. The Labute approximate surface area is 80.9 Å². The first-order valence-corrected chi connectivity index (χ1v) is 4.12. The van der Waals surface area contributed by atoms with Gasteiger partial charge < -0.3 is 15.8 Å². The molecule has 78 valence electrons. The molecule has 0 aliphatic carbocycles. The van der Waals surface area contributed by atoms with Crippen LogP contribution in [0.1, 0.15) is 0 Å². The fourth-order valence-electron chi connectivity index (χ4n) is 1.02. The predicted octanol–water partition coefficient (Wildman–Crippen LogP) is 1.61. The van der Waals surface area contributed by atoms with Crippen LogP contribution in [-0.4, -0.2) is 20.3 Å². The molecule has 3 N–H and O–H groups in total. The number of nitrogens with two attached hydrogens (primary N) is 1. The number of halogens is 2. The second-order valence-corrected chi connectivity index (χ2v) is 2.77. The van der Waals surface area contributed by atoms with Crippen molar-refractivity contribution in [2.75, 3.05) is 31.3 Å². The van der Waals surface area contributed by atoms with Gasteiger partial charge in [0.15, 0.2) is 5.82 Å². The number of hydrogen-bond acceptors (Lipinski definition) is 3. The third kappa shape index (κ3) is 2.56. The van der Waals surface area contributed by atoms with E-state index in [0.29, 0.717) is 13.2 Å². The molecule has 3 nitrogen and oxygen atoms in total. The van der Waals surface area contributed by atoms with Crippen LogP contribution in [-0.2, 0) is 4.74 Å². The first-order valence-electron chi connectivity index (χ1n) is 4.12. The summed E-state index contributed by atoms with van der Waals surface area (Å²) in [5.41, 5.74) is 5.56. The number of nitrogens with one attached hydrogen (secondary N) is 1. The number of rotatable bonds is 4. The molecule has 0 aliphatic rings. The molecular formula is C9H12F2N2O. The Balaban J connectivity index is 2.75. The second kappa shape index (κ2) is 4.76. The van der Waals surface area contributed by atoms with Gasteiger partial charge in [0.2, 0.25) is 0 Å². The quantitative estimate of drug-likeness (QED) is 0.576. The molecule has 0 unspecified atom stereocenters. The number of nitrogen functional groups attached to an aromatic ring is 1. The van der Waals surface area contributed by atoms with E-state index in [1.165, 1.54) is 7.11 Å². The largest absolute Gasteiger partial charge is 0.395 e. The molecule has 1 aromatic carbocycles. The van der Waals surface area contributed by atoms with Gasteiger partial charge in [0, 0.05) is 19.7 Å². The van der Waals surface area contributed by atoms with Gasteiger partial charge in [0.05, 0.1) is 18.0 Å². The maximum atomic E-state index is 12.9. The van der Waals surface area contributed by atoms with Crippen LogP contribution in [0, 0.1) is 11.6 Å². The molecule has 5 heteroatoms. The Morgan fingerprint density at radius 3 is 2.79 bits per heavy atom. The fraction of sp³-hybridized carbons (Fsp3) is 0.333. The van der Waals surface area contributed by atoms with Gasteiger partial charge in [0.25, 0.3) is 0 Å². The van der Waals surface area contributed by atoms with Crippen LogP contribution in [0.3, 0.4) is 0 Å². The van der Waals surface area contributed by atoms with Gasteiger partial charge in [-0.05, 0) is 6.07 Å². The highest BCUT2D eigenvalue weighted by Gasteiger charge is 2.06. The highest BCUT2D eigenvalue weighted by atomic mass is 19.1. The minimum Gasteiger partial charge on any atom is -0.395 e. The van der Waals surface area contributed by atoms with E-state index in [1.807, 2.05) is 0 Å². The lowest BCUT2D eigenvalue weighted by Crippen LogP contribution is -2.10. The maximum Gasteiger partial charge on any atom is 0.151 e. The zero-order valence-electron chi connectivity index (χ0n) is 7.81. The van der Waals surface area contributed by atoms with Gasteiger partial charge in [-0.25, -0.2) is 8.78 Å². The van der Waals surface area contributed by atoms with E-state index in [2.05, 4.69) is 5.32 Å². The molecule has 0 heterocycles. The topological polar surface area (TPSA) is 47.3 Å². The number of methoxy groups -OCH3 is 1. The Morgan fingerprint density at radius 1 is 1.43 bits per heavy atom. The molecule has 0 saturated carbocycles. The molecule has 0 atom stereocenters. The smallest absolute Gasteiger partial charge is 0.151 e. The summed E-state index contributed by atoms with van der Waals surface area (Å²) in [6.45, 7) is 0.890. The van der Waals surface area contributed by atoms with Crippen LogP contribution >= 0.6 is 0 Å². The standard InChI is InChI=1S/C9H12F2N2O/c1-14-3-2-13-8-5-6(10)4-7(11)9(8)12/h4-5,13H,2-3,12H2,1H3. The highest BCUT2D eigenvalue weighted by molar-refractivity contribution is 5.66. The van der Waals surface area contributed by atoms with E-state index in [4.69, 9.17) is 10.5 Å². The van der Waals surface area contributed by atoms with E-state index < -0.39 is 11.6 Å². The van der Waals surface area contributed by atoms with Crippen molar-refractivity contribution >= 4 is 11.4 Å². The zero-order chi connectivity index (χ0) is 10.6. The van der Waals surface area contributed by atoms with Gasteiger partial charge in [-0.1, -0.05) is 0 Å². The third-order valence-electron chi connectivity index (χ3n) is 1.72. The lowest BCUT2D eigenvalue weighted by atomic mass is 10.2. The SMILES string of the molecule is COCCNc1cc(F)cc(F)c1N. The van der Waals surface area contributed by atoms with E-state index in [1.54, 1.807) is 0 Å². The van der Waals surface area contributed by atoms with Crippen LogP contribution in [0.5, 0.6) is 0 Å². The molecule has 1 rings (SSSR count). The van der Waals surface area contributed by atoms with E-state index >= 15 is 0 Å². The van der Waals surface area contributed by atoms with Gasteiger partial charge in [-0.2, -0.15) is 0 Å². The summed E-state index contributed by atoms with van der Waals surface area (Å²) in [5, 5.41) is 2.77. The lowest BCUT2D eigenvalue weighted by molar-refractivity contribution is 0.211. The predicted molar refractivity (Wildman–Crippen MR) is 51.1 cm³/mol. The molecule has 0 radical (unpaired) electrons. The first-order chi connectivity index (χ1) is 6.65. The normalized spacial score (nSPS) is 10.2. The molecule has 0 saturated heterocycles. The van der Waals surface area contributed by atoms with E-state index in [9.17, 15) is 8.78 Å². The van der Waals surface area contributed by atoms with Gasteiger partial charge in [0.1, 0.15) is 5.82 Å². The van der Waals surface area contributed by atoms with Crippen molar-refractivity contribution in [1.29, 1.82) is 0 Å². The zero-order valence-corrected chi connectivity index (χ0v) is 7.81. The van der Waals surface area contributed by atoms with Gasteiger partial charge in [-0.15, -0.1) is 0 Å². The third-order valence-corrected chi connectivity index (χ3v) is 1.72. The Hall–Kier alpha value is -1.36. The number of benzene rings is 1. The fourth-order valence-corrected chi connectivity index (χ4v) is 1.02. The molecular weight excluding hydrogens is 190 g/mol. The van der Waals surface area contributed by atoms with Crippen molar-refractivity contribution in [3.63, 3.8) is 0 Å². The molecule has 0 spiro atoms. The molecule has 0 amide bonds. The van der Waals surface area contributed by atoms with Crippen LogP contribution in [0.15, 0.2) is 12.1 Å². The summed E-state index contributed by atoms with van der Waals surface area (Å²) in [4.78, 5) is 0. The minimum atomic E-state index is -0.759. The van der Waals surface area contributed by atoms with Crippen molar-refractivity contribution in [2.24, 2.45) is 0 Å². The molecule has 0 fully saturated rings. The van der Waals surface area contributed by atoms with Gasteiger partial charge >= 0.3 is 0 Å². The molecule has 0 aliphatic heterocycles. The summed E-state index contributed by atoms with van der Waals surface area (Å²) < 4.78 is 30.4. The lowest BCUT2D eigenvalue weighted by Gasteiger charge is -2.09. The number of anilines is 2. The van der Waals surface area contributed by atoms with Crippen molar-refractivity contribution in [2.45, 2.75) is 0 Å². The van der Waals surface area contributed by atoms with E-state index in [0.717, 1.165) is 12.1 Å². The number of hydrogen-bond donors (Lipinski definition) is 2. The first kappa shape index (κ1) is 10.7. The second-order valence-electron chi connectivity index (χ2n) is 2.77. The summed E-state index contributed by atoms with van der Waals surface area (Å²) in [6, 6.07) is 1.89.